The summed E-state index contributed by atoms with van der Waals surface area (Å²) in [5.74, 6) is 6.76. The fraction of sp³-hybridized carbons (Fsp3) is 0.583. The van der Waals surface area contributed by atoms with Gasteiger partial charge >= 0.3 is 0 Å². The standard InChI is InChI=1S/C12H22N6O/c1-4-5-14-9(19)6-15-11-10(8(2)3)12(18-13)17-7-16-11/h7-8H,4-6,13H2,1-3H3,(H,14,19)(H2,15,16,17,18). The second kappa shape index (κ2) is 7.52. The molecule has 7 heteroatoms. The molecule has 0 radical (unpaired) electrons. The van der Waals surface area contributed by atoms with Crippen LogP contribution in [0.3, 0.4) is 0 Å². The molecule has 0 aliphatic carbocycles. The minimum Gasteiger partial charge on any atom is -0.361 e. The number of hydrogen-bond acceptors (Lipinski definition) is 6. The quantitative estimate of drug-likeness (QED) is 0.430. The van der Waals surface area contributed by atoms with Gasteiger partial charge in [-0.25, -0.2) is 15.8 Å². The highest BCUT2D eigenvalue weighted by Gasteiger charge is 2.14. The van der Waals surface area contributed by atoms with E-state index in [0.29, 0.717) is 18.2 Å². The number of nitrogens with two attached hydrogens (primary N) is 1. The molecule has 1 amide bonds. The van der Waals surface area contributed by atoms with Crippen molar-refractivity contribution < 1.29 is 4.79 Å². The monoisotopic (exact) mass is 266 g/mol. The van der Waals surface area contributed by atoms with Crippen LogP contribution in [0.1, 0.15) is 38.7 Å². The maximum absolute atomic E-state index is 11.6. The molecule has 0 aromatic carbocycles. The van der Waals surface area contributed by atoms with Gasteiger partial charge < -0.3 is 16.1 Å². The van der Waals surface area contributed by atoms with E-state index in [4.69, 9.17) is 5.84 Å². The topological polar surface area (TPSA) is 105 Å². The molecule has 0 aliphatic heterocycles. The molecular formula is C12H22N6O. The number of aromatic nitrogens is 2. The van der Waals surface area contributed by atoms with E-state index in [1.165, 1.54) is 6.33 Å². The number of amides is 1. The zero-order valence-electron chi connectivity index (χ0n) is 11.7. The molecule has 0 fully saturated rings. The predicted molar refractivity (Wildman–Crippen MR) is 75.7 cm³/mol. The first kappa shape index (κ1) is 15.2. The Morgan fingerprint density at radius 3 is 2.63 bits per heavy atom. The van der Waals surface area contributed by atoms with Gasteiger partial charge in [-0.05, 0) is 12.3 Å². The zero-order valence-corrected chi connectivity index (χ0v) is 11.7. The van der Waals surface area contributed by atoms with E-state index < -0.39 is 0 Å². The van der Waals surface area contributed by atoms with Crippen molar-refractivity contribution in [3.05, 3.63) is 11.9 Å². The lowest BCUT2D eigenvalue weighted by molar-refractivity contribution is -0.119. The fourth-order valence-electron chi connectivity index (χ4n) is 1.69. The Labute approximate surface area is 113 Å². The van der Waals surface area contributed by atoms with Crippen molar-refractivity contribution in [3.8, 4) is 0 Å². The molecule has 1 heterocycles. The highest BCUT2D eigenvalue weighted by molar-refractivity contribution is 5.80. The van der Waals surface area contributed by atoms with Crippen LogP contribution in [-0.4, -0.2) is 29.0 Å². The first-order valence-electron chi connectivity index (χ1n) is 6.42. The molecule has 0 spiro atoms. The largest absolute Gasteiger partial charge is 0.361 e. The number of carbonyl (C=O) groups excluding carboxylic acids is 1. The van der Waals surface area contributed by atoms with Crippen LogP contribution in [-0.2, 0) is 4.79 Å². The number of rotatable bonds is 7. The third-order valence-electron chi connectivity index (χ3n) is 2.59. The van der Waals surface area contributed by atoms with Gasteiger partial charge in [0.15, 0.2) is 0 Å². The minimum atomic E-state index is -0.0579. The van der Waals surface area contributed by atoms with Crippen molar-refractivity contribution in [1.82, 2.24) is 15.3 Å². The van der Waals surface area contributed by atoms with Gasteiger partial charge in [0.2, 0.25) is 5.91 Å². The summed E-state index contributed by atoms with van der Waals surface area (Å²) in [7, 11) is 0. The van der Waals surface area contributed by atoms with Crippen molar-refractivity contribution in [2.24, 2.45) is 5.84 Å². The average Bonchev–Trinajstić information content (AvgIpc) is 2.41. The van der Waals surface area contributed by atoms with Crippen LogP contribution in [0.2, 0.25) is 0 Å². The summed E-state index contributed by atoms with van der Waals surface area (Å²) >= 11 is 0. The Morgan fingerprint density at radius 1 is 1.37 bits per heavy atom. The average molecular weight is 266 g/mol. The summed E-state index contributed by atoms with van der Waals surface area (Å²) in [6, 6.07) is 0. The summed E-state index contributed by atoms with van der Waals surface area (Å²) < 4.78 is 0. The number of nitrogens with zero attached hydrogens (tertiary/aromatic N) is 2. The Bertz CT molecular complexity index is 421. The number of carbonyl (C=O) groups is 1. The molecule has 0 unspecified atom stereocenters. The van der Waals surface area contributed by atoms with E-state index >= 15 is 0 Å². The lowest BCUT2D eigenvalue weighted by Gasteiger charge is -2.16. The van der Waals surface area contributed by atoms with Gasteiger partial charge in [0.1, 0.15) is 18.0 Å². The number of nitrogen functional groups attached to an aromatic ring is 1. The Hall–Kier alpha value is -1.89. The molecular weight excluding hydrogens is 244 g/mol. The molecule has 1 aromatic rings. The van der Waals surface area contributed by atoms with Gasteiger partial charge in [0.25, 0.3) is 0 Å². The second-order valence-electron chi connectivity index (χ2n) is 4.49. The molecule has 0 bridgehead atoms. The molecule has 1 aromatic heterocycles. The zero-order chi connectivity index (χ0) is 14.3. The Balaban J connectivity index is 2.75. The molecule has 19 heavy (non-hydrogen) atoms. The fourth-order valence-corrected chi connectivity index (χ4v) is 1.69. The van der Waals surface area contributed by atoms with Gasteiger partial charge in [0.05, 0.1) is 6.54 Å². The van der Waals surface area contributed by atoms with Crippen LogP contribution >= 0.6 is 0 Å². The molecule has 7 nitrogen and oxygen atoms in total. The molecule has 0 atom stereocenters. The smallest absolute Gasteiger partial charge is 0.239 e. The van der Waals surface area contributed by atoms with Crippen LogP contribution in [0.5, 0.6) is 0 Å². The van der Waals surface area contributed by atoms with Gasteiger partial charge in [0, 0.05) is 12.1 Å². The maximum Gasteiger partial charge on any atom is 0.239 e. The van der Waals surface area contributed by atoms with Crippen molar-refractivity contribution in [1.29, 1.82) is 0 Å². The van der Waals surface area contributed by atoms with E-state index in [0.717, 1.165) is 12.0 Å². The maximum atomic E-state index is 11.6. The van der Waals surface area contributed by atoms with Crippen LogP contribution < -0.4 is 21.9 Å². The molecule has 5 N–H and O–H groups in total. The van der Waals surface area contributed by atoms with E-state index in [-0.39, 0.29) is 18.4 Å². The number of hydrogen-bond donors (Lipinski definition) is 4. The van der Waals surface area contributed by atoms with E-state index in [9.17, 15) is 4.79 Å². The lowest BCUT2D eigenvalue weighted by Crippen LogP contribution is -2.31. The van der Waals surface area contributed by atoms with Gasteiger partial charge in [-0.2, -0.15) is 0 Å². The van der Waals surface area contributed by atoms with E-state index in [1.807, 2.05) is 20.8 Å². The number of anilines is 2. The second-order valence-corrected chi connectivity index (χ2v) is 4.49. The SMILES string of the molecule is CCCNC(=O)CNc1ncnc(NN)c1C(C)C. The predicted octanol–water partition coefficient (Wildman–Crippen LogP) is 0.824. The van der Waals surface area contributed by atoms with Crippen molar-refractivity contribution in [2.75, 3.05) is 23.8 Å². The van der Waals surface area contributed by atoms with Crippen molar-refractivity contribution in [3.63, 3.8) is 0 Å². The van der Waals surface area contributed by atoms with Gasteiger partial charge in [-0.15, -0.1) is 0 Å². The third-order valence-corrected chi connectivity index (χ3v) is 2.59. The Kier molecular flexibility index (Phi) is 6.01. The third kappa shape index (κ3) is 4.36. The Morgan fingerprint density at radius 2 is 2.05 bits per heavy atom. The van der Waals surface area contributed by atoms with Gasteiger partial charge in [-0.1, -0.05) is 20.8 Å². The summed E-state index contributed by atoms with van der Waals surface area (Å²) in [5, 5.41) is 5.81. The number of nitrogens with one attached hydrogen (secondary N) is 3. The minimum absolute atomic E-state index is 0.0579. The molecule has 0 saturated carbocycles. The highest BCUT2D eigenvalue weighted by Crippen LogP contribution is 2.27. The van der Waals surface area contributed by atoms with Crippen molar-refractivity contribution >= 4 is 17.5 Å². The normalized spacial score (nSPS) is 10.4. The highest BCUT2D eigenvalue weighted by atomic mass is 16.1. The molecule has 1 rings (SSSR count). The number of hydrazine groups is 1. The van der Waals surface area contributed by atoms with Crippen molar-refractivity contribution in [2.45, 2.75) is 33.1 Å². The van der Waals surface area contributed by atoms with Crippen LogP contribution in [0.15, 0.2) is 6.33 Å². The summed E-state index contributed by atoms with van der Waals surface area (Å²) in [4.78, 5) is 19.8. The van der Waals surface area contributed by atoms with E-state index in [2.05, 4.69) is 26.0 Å². The summed E-state index contributed by atoms with van der Waals surface area (Å²) in [5.41, 5.74) is 3.42. The van der Waals surface area contributed by atoms with Gasteiger partial charge in [-0.3, -0.25) is 4.79 Å². The molecule has 0 saturated heterocycles. The van der Waals surface area contributed by atoms with Crippen LogP contribution in [0, 0.1) is 0 Å². The van der Waals surface area contributed by atoms with Crippen LogP contribution in [0.4, 0.5) is 11.6 Å². The van der Waals surface area contributed by atoms with Crippen LogP contribution in [0.25, 0.3) is 0 Å². The summed E-state index contributed by atoms with van der Waals surface area (Å²) in [6.07, 6.45) is 2.32. The van der Waals surface area contributed by atoms with E-state index in [1.54, 1.807) is 0 Å². The molecule has 0 aliphatic rings. The molecule has 106 valence electrons. The summed E-state index contributed by atoms with van der Waals surface area (Å²) in [6.45, 7) is 6.90. The first-order chi connectivity index (χ1) is 9.10. The lowest BCUT2D eigenvalue weighted by atomic mass is 10.0. The first-order valence-corrected chi connectivity index (χ1v) is 6.42.